The number of nitrogens with one attached hydrogen (secondary N) is 1. The van der Waals surface area contributed by atoms with Crippen LogP contribution < -0.4 is 10.2 Å². The molecule has 1 amide bonds. The molecule has 0 saturated carbocycles. The molecule has 1 aliphatic rings. The molecule has 2 aromatic heterocycles. The van der Waals surface area contributed by atoms with Crippen LogP contribution in [0.1, 0.15) is 24.0 Å². The van der Waals surface area contributed by atoms with Crippen molar-refractivity contribution in [2.24, 2.45) is 5.92 Å². The Morgan fingerprint density at radius 2 is 1.94 bits per heavy atom. The highest BCUT2D eigenvalue weighted by Gasteiger charge is 2.27. The number of carbonyl (C=O) groups excluding carboxylic acids is 1. The van der Waals surface area contributed by atoms with Gasteiger partial charge in [0.15, 0.2) is 0 Å². The quantitative estimate of drug-likeness (QED) is 0.500. The molecule has 4 aromatic rings. The zero-order valence-electron chi connectivity index (χ0n) is 17.3. The number of aryl methyl sites for hydroxylation is 1. The first-order valence-corrected chi connectivity index (χ1v) is 11.3. The molecule has 0 aliphatic carbocycles. The summed E-state index contributed by atoms with van der Waals surface area (Å²) in [5.41, 5.74) is 2.99. The Labute approximate surface area is 183 Å². The predicted octanol–water partition coefficient (Wildman–Crippen LogP) is 4.82. The fraction of sp³-hybridized carbons (Fsp3) is 0.292. The second kappa shape index (κ2) is 8.23. The SMILES string of the molecule is Cc1ccc(CNC(=O)C2CCN(c3ncnc4c3sc3cccc(F)c34)CC2)cc1. The van der Waals surface area contributed by atoms with E-state index in [0.717, 1.165) is 46.7 Å². The Kier molecular flexibility index (Phi) is 5.28. The third kappa shape index (κ3) is 3.85. The summed E-state index contributed by atoms with van der Waals surface area (Å²) in [6.07, 6.45) is 3.05. The van der Waals surface area contributed by atoms with Crippen molar-refractivity contribution in [3.05, 3.63) is 65.7 Å². The lowest BCUT2D eigenvalue weighted by molar-refractivity contribution is -0.125. The van der Waals surface area contributed by atoms with Gasteiger partial charge in [-0.1, -0.05) is 35.9 Å². The molecule has 2 aromatic carbocycles. The molecule has 1 fully saturated rings. The van der Waals surface area contributed by atoms with E-state index in [0.29, 0.717) is 17.4 Å². The zero-order valence-corrected chi connectivity index (χ0v) is 18.1. The van der Waals surface area contributed by atoms with Gasteiger partial charge in [0.05, 0.1) is 15.6 Å². The van der Waals surface area contributed by atoms with Gasteiger partial charge in [-0.15, -0.1) is 11.3 Å². The Morgan fingerprint density at radius 3 is 2.71 bits per heavy atom. The smallest absolute Gasteiger partial charge is 0.223 e. The van der Waals surface area contributed by atoms with Crippen molar-refractivity contribution in [3.8, 4) is 0 Å². The van der Waals surface area contributed by atoms with Gasteiger partial charge in [-0.05, 0) is 37.5 Å². The number of nitrogens with zero attached hydrogens (tertiary/aromatic N) is 3. The number of thiophene rings is 1. The van der Waals surface area contributed by atoms with Crippen LogP contribution in [-0.2, 0) is 11.3 Å². The topological polar surface area (TPSA) is 58.1 Å². The fourth-order valence-corrected chi connectivity index (χ4v) is 5.37. The molecule has 31 heavy (non-hydrogen) atoms. The lowest BCUT2D eigenvalue weighted by Crippen LogP contribution is -2.40. The summed E-state index contributed by atoms with van der Waals surface area (Å²) >= 11 is 1.52. The van der Waals surface area contributed by atoms with Gasteiger partial charge >= 0.3 is 0 Å². The number of carbonyl (C=O) groups is 1. The van der Waals surface area contributed by atoms with Crippen LogP contribution in [0.25, 0.3) is 20.3 Å². The van der Waals surface area contributed by atoms with Crippen LogP contribution in [0.4, 0.5) is 10.2 Å². The number of anilines is 1. The molecule has 0 unspecified atom stereocenters. The molecule has 7 heteroatoms. The molecule has 0 atom stereocenters. The number of hydrogen-bond donors (Lipinski definition) is 1. The van der Waals surface area contributed by atoms with Crippen molar-refractivity contribution >= 4 is 43.4 Å². The van der Waals surface area contributed by atoms with E-state index in [4.69, 9.17) is 0 Å². The monoisotopic (exact) mass is 434 g/mol. The Balaban J connectivity index is 1.28. The maximum Gasteiger partial charge on any atom is 0.223 e. The van der Waals surface area contributed by atoms with Crippen LogP contribution in [0, 0.1) is 18.7 Å². The van der Waals surface area contributed by atoms with Crippen LogP contribution in [0.5, 0.6) is 0 Å². The minimum Gasteiger partial charge on any atom is -0.355 e. The van der Waals surface area contributed by atoms with Gasteiger partial charge in [-0.3, -0.25) is 4.79 Å². The number of aromatic nitrogens is 2. The van der Waals surface area contributed by atoms with Crippen molar-refractivity contribution < 1.29 is 9.18 Å². The van der Waals surface area contributed by atoms with Gasteiger partial charge in [-0.2, -0.15) is 0 Å². The molecule has 1 N–H and O–H groups in total. The lowest BCUT2D eigenvalue weighted by Gasteiger charge is -2.32. The van der Waals surface area contributed by atoms with Crippen LogP contribution in [0.15, 0.2) is 48.8 Å². The number of halogens is 1. The highest BCUT2D eigenvalue weighted by molar-refractivity contribution is 7.26. The summed E-state index contributed by atoms with van der Waals surface area (Å²) in [5.74, 6) is 0.692. The molecule has 1 aliphatic heterocycles. The number of hydrogen-bond acceptors (Lipinski definition) is 5. The van der Waals surface area contributed by atoms with E-state index in [1.807, 2.05) is 18.2 Å². The Bertz CT molecular complexity index is 1250. The number of piperidine rings is 1. The minimum atomic E-state index is -0.252. The average molecular weight is 435 g/mol. The third-order valence-corrected chi connectivity index (χ3v) is 7.10. The van der Waals surface area contributed by atoms with Crippen LogP contribution in [0.2, 0.25) is 0 Å². The van der Waals surface area contributed by atoms with Gasteiger partial charge < -0.3 is 10.2 Å². The molecular formula is C24H23FN4OS. The van der Waals surface area contributed by atoms with E-state index in [-0.39, 0.29) is 17.6 Å². The van der Waals surface area contributed by atoms with E-state index >= 15 is 0 Å². The summed E-state index contributed by atoms with van der Waals surface area (Å²) in [5, 5.41) is 3.64. The largest absolute Gasteiger partial charge is 0.355 e. The summed E-state index contributed by atoms with van der Waals surface area (Å²) in [6, 6.07) is 13.3. The number of benzene rings is 2. The molecule has 5 nitrogen and oxygen atoms in total. The Hall–Kier alpha value is -3.06. The number of fused-ring (bicyclic) bond motifs is 3. The number of amides is 1. The second-order valence-electron chi connectivity index (χ2n) is 8.05. The van der Waals surface area contributed by atoms with Gasteiger partial charge in [-0.25, -0.2) is 14.4 Å². The summed E-state index contributed by atoms with van der Waals surface area (Å²) in [6.45, 7) is 4.09. The van der Waals surface area contributed by atoms with Crippen LogP contribution in [0.3, 0.4) is 0 Å². The first-order valence-electron chi connectivity index (χ1n) is 10.5. The summed E-state index contributed by atoms with van der Waals surface area (Å²) in [7, 11) is 0. The third-order valence-electron chi connectivity index (χ3n) is 5.96. The number of rotatable bonds is 4. The lowest BCUT2D eigenvalue weighted by atomic mass is 9.95. The van der Waals surface area contributed by atoms with Crippen LogP contribution >= 0.6 is 11.3 Å². The van der Waals surface area contributed by atoms with Gasteiger partial charge in [0.25, 0.3) is 0 Å². The first kappa shape index (κ1) is 19.9. The van der Waals surface area contributed by atoms with Crippen molar-refractivity contribution in [2.75, 3.05) is 18.0 Å². The molecule has 1 saturated heterocycles. The molecule has 0 bridgehead atoms. The highest BCUT2D eigenvalue weighted by Crippen LogP contribution is 2.39. The van der Waals surface area contributed by atoms with Gasteiger partial charge in [0.1, 0.15) is 18.0 Å². The normalized spacial score (nSPS) is 15.0. The molecule has 0 radical (unpaired) electrons. The van der Waals surface area contributed by atoms with Crippen molar-refractivity contribution in [3.63, 3.8) is 0 Å². The first-order chi connectivity index (χ1) is 15.1. The standard InChI is InChI=1S/C24H23FN4OS/c1-15-5-7-16(8-6-15)13-26-24(30)17-9-11-29(12-10-17)23-22-21(27-14-28-23)20-18(25)3-2-4-19(20)31-22/h2-8,14,17H,9-13H2,1H3,(H,26,30). The summed E-state index contributed by atoms with van der Waals surface area (Å²) in [4.78, 5) is 23.7. The van der Waals surface area contributed by atoms with E-state index in [1.54, 1.807) is 6.07 Å². The maximum atomic E-state index is 14.4. The second-order valence-corrected chi connectivity index (χ2v) is 9.11. The maximum absolute atomic E-state index is 14.4. The predicted molar refractivity (Wildman–Crippen MR) is 123 cm³/mol. The fourth-order valence-electron chi connectivity index (χ4n) is 4.18. The Morgan fingerprint density at radius 1 is 1.16 bits per heavy atom. The van der Waals surface area contributed by atoms with E-state index in [9.17, 15) is 9.18 Å². The van der Waals surface area contributed by atoms with Crippen molar-refractivity contribution in [1.29, 1.82) is 0 Å². The van der Waals surface area contributed by atoms with Crippen LogP contribution in [-0.4, -0.2) is 29.0 Å². The van der Waals surface area contributed by atoms with Gasteiger partial charge in [0, 0.05) is 30.3 Å². The molecule has 3 heterocycles. The van der Waals surface area contributed by atoms with E-state index < -0.39 is 0 Å². The highest BCUT2D eigenvalue weighted by atomic mass is 32.1. The van der Waals surface area contributed by atoms with Crippen molar-refractivity contribution in [1.82, 2.24) is 15.3 Å². The minimum absolute atomic E-state index is 0.00104. The van der Waals surface area contributed by atoms with E-state index in [2.05, 4.69) is 39.2 Å². The van der Waals surface area contributed by atoms with Crippen molar-refractivity contribution in [2.45, 2.75) is 26.3 Å². The molecular weight excluding hydrogens is 411 g/mol. The molecule has 5 rings (SSSR count). The molecule has 158 valence electrons. The average Bonchev–Trinajstić information content (AvgIpc) is 3.19. The van der Waals surface area contributed by atoms with Gasteiger partial charge in [0.2, 0.25) is 5.91 Å². The molecule has 0 spiro atoms. The zero-order chi connectivity index (χ0) is 21.4. The summed E-state index contributed by atoms with van der Waals surface area (Å²) < 4.78 is 16.2. The van der Waals surface area contributed by atoms with E-state index in [1.165, 1.54) is 29.3 Å².